The lowest BCUT2D eigenvalue weighted by atomic mass is 10.1. The third kappa shape index (κ3) is 5.98. The Labute approximate surface area is 204 Å². The Hall–Kier alpha value is -1.88. The van der Waals surface area contributed by atoms with E-state index in [4.69, 9.17) is 0 Å². The molecule has 0 N–H and O–H groups in total. The summed E-state index contributed by atoms with van der Waals surface area (Å²) in [6.45, 7) is 9.90. The van der Waals surface area contributed by atoms with Crippen LogP contribution in [0.2, 0.25) is 0 Å². The molecule has 1 aromatic rings. The van der Waals surface area contributed by atoms with Crippen LogP contribution in [-0.2, 0) is 9.59 Å². The van der Waals surface area contributed by atoms with Gasteiger partial charge < -0.3 is 9.80 Å². The Balaban J connectivity index is 1.75. The second-order valence-corrected chi connectivity index (χ2v) is 10.8. The lowest BCUT2D eigenvalue weighted by Crippen LogP contribution is -2.30. The van der Waals surface area contributed by atoms with Crippen molar-refractivity contribution in [3.63, 3.8) is 0 Å². The van der Waals surface area contributed by atoms with Crippen LogP contribution >= 0.6 is 11.3 Å². The maximum Gasteiger partial charge on any atom is 0.261 e. The van der Waals surface area contributed by atoms with Gasteiger partial charge in [-0.1, -0.05) is 78.1 Å². The molecule has 3 rings (SSSR count). The zero-order valence-electron chi connectivity index (χ0n) is 21.2. The smallest absolute Gasteiger partial charge is 0.261 e. The quantitative estimate of drug-likeness (QED) is 0.250. The average Bonchev–Trinajstić information content (AvgIpc) is 3.42. The molecule has 0 radical (unpaired) electrons. The highest BCUT2D eigenvalue weighted by Crippen LogP contribution is 2.45. The first-order chi connectivity index (χ1) is 16.0. The fraction of sp³-hybridized carbons (Fsp3) is 0.643. The fourth-order valence-electron chi connectivity index (χ4n) is 4.96. The minimum Gasteiger partial charge on any atom is -0.312 e. The molecule has 0 unspecified atom stereocenters. The molecule has 0 aromatic carbocycles. The number of unbranched alkanes of at least 4 members (excludes halogenated alkanes) is 10. The largest absolute Gasteiger partial charge is 0.312 e. The molecule has 2 aliphatic rings. The molecule has 5 heteroatoms. The maximum absolute atomic E-state index is 13.5. The molecular formula is C28H42N2O2S. The van der Waals surface area contributed by atoms with Gasteiger partial charge in [0.15, 0.2) is 0 Å². The van der Waals surface area contributed by atoms with E-state index >= 15 is 0 Å². The fourth-order valence-corrected chi connectivity index (χ4v) is 5.89. The van der Waals surface area contributed by atoms with Gasteiger partial charge >= 0.3 is 0 Å². The van der Waals surface area contributed by atoms with Crippen LogP contribution in [-0.4, -0.2) is 34.7 Å². The number of fused-ring (bicyclic) bond motifs is 1. The van der Waals surface area contributed by atoms with E-state index in [2.05, 4.69) is 32.9 Å². The molecule has 0 fully saturated rings. The number of hydrogen-bond acceptors (Lipinski definition) is 3. The Morgan fingerprint density at radius 1 is 0.667 bits per heavy atom. The van der Waals surface area contributed by atoms with Crippen LogP contribution in [0.1, 0.15) is 108 Å². The van der Waals surface area contributed by atoms with Crippen molar-refractivity contribution >= 4 is 28.8 Å². The number of carbonyl (C=O) groups is 2. The summed E-state index contributed by atoms with van der Waals surface area (Å²) in [5.74, 6) is 0.0480. The number of rotatable bonds is 15. The summed E-state index contributed by atoms with van der Waals surface area (Å²) in [5.41, 5.74) is 3.01. The molecule has 0 aliphatic carbocycles. The molecule has 0 bridgehead atoms. The molecule has 3 heterocycles. The van der Waals surface area contributed by atoms with Crippen LogP contribution in [0.4, 0.5) is 0 Å². The van der Waals surface area contributed by atoms with Crippen LogP contribution in [0.15, 0.2) is 29.0 Å². The lowest BCUT2D eigenvalue weighted by Gasteiger charge is -2.23. The summed E-state index contributed by atoms with van der Waals surface area (Å²) in [4.78, 5) is 33.1. The van der Waals surface area contributed by atoms with Crippen molar-refractivity contribution in [2.75, 3.05) is 13.1 Å². The van der Waals surface area contributed by atoms with E-state index in [1.54, 1.807) is 11.3 Å². The highest BCUT2D eigenvalue weighted by Gasteiger charge is 2.47. The van der Waals surface area contributed by atoms with Gasteiger partial charge in [-0.25, -0.2) is 0 Å². The van der Waals surface area contributed by atoms with Gasteiger partial charge in [0, 0.05) is 23.7 Å². The van der Waals surface area contributed by atoms with Gasteiger partial charge in [0.25, 0.3) is 11.8 Å². The van der Waals surface area contributed by atoms with Gasteiger partial charge in [0.1, 0.15) is 0 Å². The van der Waals surface area contributed by atoms with E-state index in [1.807, 2.05) is 16.7 Å². The summed E-state index contributed by atoms with van der Waals surface area (Å²) >= 11 is 1.68. The number of allylic oxidation sites excluding steroid dienone is 1. The van der Waals surface area contributed by atoms with Crippen molar-refractivity contribution in [2.45, 2.75) is 105 Å². The lowest BCUT2D eigenvalue weighted by molar-refractivity contribution is -0.124. The first-order valence-corrected chi connectivity index (χ1v) is 14.0. The van der Waals surface area contributed by atoms with E-state index in [0.29, 0.717) is 24.2 Å². The number of thiophene rings is 1. The predicted octanol–water partition coefficient (Wildman–Crippen LogP) is 7.45. The van der Waals surface area contributed by atoms with Crippen molar-refractivity contribution in [1.82, 2.24) is 9.80 Å². The predicted molar refractivity (Wildman–Crippen MR) is 139 cm³/mol. The number of nitrogens with zero attached hydrogens (tertiary/aromatic N) is 2. The van der Waals surface area contributed by atoms with Gasteiger partial charge in [-0.15, -0.1) is 11.3 Å². The van der Waals surface area contributed by atoms with Gasteiger partial charge in [0.2, 0.25) is 0 Å². The highest BCUT2D eigenvalue weighted by molar-refractivity contribution is 7.13. The second kappa shape index (κ2) is 12.5. The van der Waals surface area contributed by atoms with Crippen LogP contribution in [0, 0.1) is 6.92 Å². The first-order valence-electron chi connectivity index (χ1n) is 13.2. The van der Waals surface area contributed by atoms with Crippen molar-refractivity contribution in [3.05, 3.63) is 38.7 Å². The average molecular weight is 471 g/mol. The van der Waals surface area contributed by atoms with Gasteiger partial charge in [-0.05, 0) is 38.8 Å². The number of aryl methyl sites for hydroxylation is 1. The molecule has 182 valence electrons. The zero-order chi connectivity index (χ0) is 23.8. The van der Waals surface area contributed by atoms with E-state index in [9.17, 15) is 9.59 Å². The Kier molecular flexibility index (Phi) is 9.78. The third-order valence-electron chi connectivity index (χ3n) is 6.89. The van der Waals surface area contributed by atoms with Gasteiger partial charge in [-0.3, -0.25) is 9.59 Å². The maximum atomic E-state index is 13.5. The zero-order valence-corrected chi connectivity index (χ0v) is 22.0. The third-order valence-corrected chi connectivity index (χ3v) is 7.89. The second-order valence-electron chi connectivity index (χ2n) is 9.54. The number of carbonyl (C=O) groups excluding carboxylic acids is 2. The molecule has 1 aromatic heterocycles. The van der Waals surface area contributed by atoms with Crippen molar-refractivity contribution in [2.24, 2.45) is 0 Å². The van der Waals surface area contributed by atoms with E-state index < -0.39 is 0 Å². The van der Waals surface area contributed by atoms with E-state index in [1.165, 1.54) is 56.2 Å². The molecule has 0 atom stereocenters. The molecular weight excluding hydrogens is 428 g/mol. The van der Waals surface area contributed by atoms with Crippen LogP contribution in [0.3, 0.4) is 0 Å². The van der Waals surface area contributed by atoms with Crippen molar-refractivity contribution in [1.29, 1.82) is 0 Å². The molecule has 2 aliphatic heterocycles. The normalized spacial score (nSPS) is 16.1. The van der Waals surface area contributed by atoms with Gasteiger partial charge in [0.05, 0.1) is 21.7 Å². The summed E-state index contributed by atoms with van der Waals surface area (Å²) < 4.78 is 0. The monoisotopic (exact) mass is 470 g/mol. The standard InChI is InChI=1S/C28H42N2O2S/c1-5-7-9-11-13-15-19-29-22(4)24-25(28(29)32)26(23-18-17-21(3)33-23)30(27(24)31)20-16-14-12-10-8-6-2/h17-18H,5-16,19-20H2,1-4H3. The van der Waals surface area contributed by atoms with Crippen molar-refractivity contribution < 1.29 is 9.59 Å². The molecule has 4 nitrogen and oxygen atoms in total. The SMILES string of the molecule is CCCCCCCCN1C(=O)C2=C(c3ccc(C)s3)N(CCCCCCCC)C(=O)C2=C1C. The molecule has 0 saturated heterocycles. The Morgan fingerprint density at radius 2 is 1.18 bits per heavy atom. The Bertz CT molecular complexity index is 895. The van der Waals surface area contributed by atoms with Crippen LogP contribution in [0.5, 0.6) is 0 Å². The molecule has 33 heavy (non-hydrogen) atoms. The van der Waals surface area contributed by atoms with Crippen LogP contribution in [0.25, 0.3) is 5.70 Å². The molecule has 2 amide bonds. The first kappa shape index (κ1) is 25.7. The highest BCUT2D eigenvalue weighted by atomic mass is 32.1. The number of amides is 2. The summed E-state index contributed by atoms with van der Waals surface area (Å²) in [6.07, 6.45) is 14.3. The minimum absolute atomic E-state index is 0.0240. The molecule has 0 spiro atoms. The van der Waals surface area contributed by atoms with Crippen LogP contribution < -0.4 is 0 Å². The summed E-state index contributed by atoms with van der Waals surface area (Å²) in [5, 5.41) is 0. The minimum atomic E-state index is 0.0240. The number of hydrogen-bond donors (Lipinski definition) is 0. The van der Waals surface area contributed by atoms with Gasteiger partial charge in [-0.2, -0.15) is 0 Å². The Morgan fingerprint density at radius 3 is 1.73 bits per heavy atom. The summed E-state index contributed by atoms with van der Waals surface area (Å²) in [7, 11) is 0. The topological polar surface area (TPSA) is 40.6 Å². The summed E-state index contributed by atoms with van der Waals surface area (Å²) in [6, 6.07) is 4.16. The molecule has 0 saturated carbocycles. The van der Waals surface area contributed by atoms with Crippen molar-refractivity contribution in [3.8, 4) is 0 Å². The van der Waals surface area contributed by atoms with E-state index in [0.717, 1.165) is 42.0 Å². The van der Waals surface area contributed by atoms with E-state index in [-0.39, 0.29) is 11.8 Å².